The molecule has 0 bridgehead atoms. The standard InChI is InChI=1S/C21H26N2O2/c1-14-9-11-21(12-10-14)18-17(16-8-5-13-22(16)21)19(24)23(20(18)25)15-6-3-2-4-7-15/h2-4,6-7,14,16-18H,5,8-13H2,1H3/p+1/t14?,16-,17+,18-,21?/m1/s1. The molecule has 25 heavy (non-hydrogen) atoms. The van der Waals surface area contributed by atoms with E-state index in [9.17, 15) is 9.59 Å². The van der Waals surface area contributed by atoms with Gasteiger partial charge in [-0.15, -0.1) is 0 Å². The van der Waals surface area contributed by atoms with Gasteiger partial charge in [-0.05, 0) is 30.9 Å². The van der Waals surface area contributed by atoms with Crippen molar-refractivity contribution in [2.75, 3.05) is 11.4 Å². The van der Waals surface area contributed by atoms with Crippen molar-refractivity contribution >= 4 is 17.5 Å². The number of imide groups is 1. The van der Waals surface area contributed by atoms with Gasteiger partial charge in [0.2, 0.25) is 11.8 Å². The third-order valence-corrected chi connectivity index (χ3v) is 7.61. The van der Waals surface area contributed by atoms with Crippen molar-refractivity contribution in [1.82, 2.24) is 0 Å². The summed E-state index contributed by atoms with van der Waals surface area (Å²) in [6, 6.07) is 9.91. The number of nitrogens with one attached hydrogen (secondary N) is 1. The Kier molecular flexibility index (Phi) is 3.37. The lowest BCUT2D eigenvalue weighted by Crippen LogP contribution is -3.20. The van der Waals surface area contributed by atoms with Crippen LogP contribution in [0.3, 0.4) is 0 Å². The second kappa shape index (κ2) is 5.41. The van der Waals surface area contributed by atoms with Crippen LogP contribution in [0.15, 0.2) is 30.3 Å². The molecule has 3 heterocycles. The van der Waals surface area contributed by atoms with Gasteiger partial charge in [0.15, 0.2) is 0 Å². The largest absolute Gasteiger partial charge is 0.326 e. The average Bonchev–Trinajstić information content (AvgIpc) is 3.26. The highest BCUT2D eigenvalue weighted by atomic mass is 16.2. The summed E-state index contributed by atoms with van der Waals surface area (Å²) < 4.78 is 0. The van der Waals surface area contributed by atoms with E-state index in [2.05, 4.69) is 6.92 Å². The van der Waals surface area contributed by atoms with Crippen molar-refractivity contribution in [2.45, 2.75) is 57.0 Å². The summed E-state index contributed by atoms with van der Waals surface area (Å²) in [5.41, 5.74) is 0.778. The minimum atomic E-state index is -0.0898. The number of anilines is 1. The third kappa shape index (κ3) is 1.97. The highest BCUT2D eigenvalue weighted by Crippen LogP contribution is 2.49. The Labute approximate surface area is 149 Å². The van der Waals surface area contributed by atoms with Crippen molar-refractivity contribution < 1.29 is 14.5 Å². The molecule has 4 heteroatoms. The molecule has 1 saturated carbocycles. The normalized spacial score (nSPS) is 42.9. The number of amides is 2. The van der Waals surface area contributed by atoms with E-state index in [0.717, 1.165) is 37.4 Å². The van der Waals surface area contributed by atoms with Crippen LogP contribution in [0, 0.1) is 17.8 Å². The van der Waals surface area contributed by atoms with Crippen molar-refractivity contribution in [3.05, 3.63) is 30.3 Å². The molecule has 5 rings (SSSR count). The highest BCUT2D eigenvalue weighted by Gasteiger charge is 2.72. The molecule has 1 aromatic rings. The molecular formula is C21H27N2O2+. The lowest BCUT2D eigenvalue weighted by Gasteiger charge is -2.42. The molecule has 4 aliphatic rings. The number of fused-ring (bicyclic) bond motifs is 5. The van der Waals surface area contributed by atoms with Gasteiger partial charge >= 0.3 is 0 Å². The van der Waals surface area contributed by atoms with E-state index in [1.54, 1.807) is 4.90 Å². The fourth-order valence-electron chi connectivity index (χ4n) is 6.50. The number of hydrogen-bond donors (Lipinski definition) is 1. The Morgan fingerprint density at radius 1 is 1.04 bits per heavy atom. The quantitative estimate of drug-likeness (QED) is 0.793. The van der Waals surface area contributed by atoms with Gasteiger partial charge in [-0.2, -0.15) is 0 Å². The third-order valence-electron chi connectivity index (χ3n) is 7.61. The average molecular weight is 339 g/mol. The zero-order valence-corrected chi connectivity index (χ0v) is 14.9. The van der Waals surface area contributed by atoms with Crippen LogP contribution in [0.4, 0.5) is 5.69 Å². The molecule has 1 unspecified atom stereocenters. The number of nitrogens with zero attached hydrogens (tertiary/aromatic N) is 1. The molecule has 1 aromatic carbocycles. The summed E-state index contributed by atoms with van der Waals surface area (Å²) in [5, 5.41) is 0. The van der Waals surface area contributed by atoms with Crippen LogP contribution in [-0.2, 0) is 9.59 Å². The molecule has 132 valence electrons. The summed E-state index contributed by atoms with van der Waals surface area (Å²) in [6.45, 7) is 3.48. The SMILES string of the molecule is CC1CCC2(CC1)[C@H]1C(=O)N(c3ccccc3)C(=O)[C@H]1[C@H]1CCC[NH+]12. The number of hydrogen-bond acceptors (Lipinski definition) is 2. The summed E-state index contributed by atoms with van der Waals surface area (Å²) in [5.74, 6) is 0.730. The minimum Gasteiger partial charge on any atom is -0.326 e. The van der Waals surface area contributed by atoms with Crippen LogP contribution in [0.25, 0.3) is 0 Å². The van der Waals surface area contributed by atoms with E-state index in [1.165, 1.54) is 24.2 Å². The molecule has 4 nitrogen and oxygen atoms in total. The number of benzene rings is 1. The predicted molar refractivity (Wildman–Crippen MR) is 95.1 cm³/mol. The first-order chi connectivity index (χ1) is 12.1. The molecule has 3 aliphatic heterocycles. The van der Waals surface area contributed by atoms with Gasteiger partial charge in [0.25, 0.3) is 0 Å². The van der Waals surface area contributed by atoms with Crippen LogP contribution in [0.1, 0.15) is 45.4 Å². The van der Waals surface area contributed by atoms with Crippen molar-refractivity contribution in [3.8, 4) is 0 Å². The van der Waals surface area contributed by atoms with E-state index in [4.69, 9.17) is 0 Å². The topological polar surface area (TPSA) is 41.8 Å². The Morgan fingerprint density at radius 3 is 2.48 bits per heavy atom. The zero-order chi connectivity index (χ0) is 17.2. The molecule has 1 N–H and O–H groups in total. The van der Waals surface area contributed by atoms with E-state index >= 15 is 0 Å². The molecule has 1 spiro atoms. The van der Waals surface area contributed by atoms with E-state index in [0.29, 0.717) is 6.04 Å². The second-order valence-electron chi connectivity index (χ2n) is 8.71. The Balaban J connectivity index is 1.58. The van der Waals surface area contributed by atoms with E-state index in [1.807, 2.05) is 30.3 Å². The maximum absolute atomic E-state index is 13.5. The number of para-hydroxylation sites is 1. The Bertz CT molecular complexity index is 708. The van der Waals surface area contributed by atoms with Crippen LogP contribution in [0.5, 0.6) is 0 Å². The first kappa shape index (κ1) is 15.6. The van der Waals surface area contributed by atoms with Gasteiger partial charge in [-0.25, -0.2) is 4.90 Å². The van der Waals surface area contributed by atoms with Crippen LogP contribution in [0.2, 0.25) is 0 Å². The maximum Gasteiger partial charge on any atom is 0.244 e. The number of carbonyl (C=O) groups is 2. The molecule has 4 atom stereocenters. The summed E-state index contributed by atoms with van der Waals surface area (Å²) >= 11 is 0. The first-order valence-corrected chi connectivity index (χ1v) is 9.92. The van der Waals surface area contributed by atoms with Gasteiger partial charge in [0.1, 0.15) is 23.4 Å². The van der Waals surface area contributed by atoms with Gasteiger partial charge in [0, 0.05) is 25.7 Å². The monoisotopic (exact) mass is 339 g/mol. The highest BCUT2D eigenvalue weighted by molar-refractivity contribution is 6.22. The van der Waals surface area contributed by atoms with Crippen LogP contribution in [-0.4, -0.2) is 29.9 Å². The lowest BCUT2D eigenvalue weighted by atomic mass is 9.68. The molecule has 4 fully saturated rings. The molecular weight excluding hydrogens is 312 g/mol. The Morgan fingerprint density at radius 2 is 1.76 bits per heavy atom. The van der Waals surface area contributed by atoms with Crippen LogP contribution >= 0.6 is 0 Å². The lowest BCUT2D eigenvalue weighted by molar-refractivity contribution is -0.954. The molecule has 0 radical (unpaired) electrons. The van der Waals surface area contributed by atoms with E-state index in [-0.39, 0.29) is 29.2 Å². The molecule has 3 saturated heterocycles. The number of carbonyl (C=O) groups excluding carboxylic acids is 2. The van der Waals surface area contributed by atoms with Crippen LogP contribution < -0.4 is 9.80 Å². The Hall–Kier alpha value is -1.68. The maximum atomic E-state index is 13.5. The van der Waals surface area contributed by atoms with Crippen molar-refractivity contribution in [1.29, 1.82) is 0 Å². The zero-order valence-electron chi connectivity index (χ0n) is 14.9. The minimum absolute atomic E-state index is 0.0224. The summed E-state index contributed by atoms with van der Waals surface area (Å²) in [6.07, 6.45) is 6.94. The summed E-state index contributed by atoms with van der Waals surface area (Å²) in [4.78, 5) is 29.9. The number of quaternary nitrogens is 1. The number of rotatable bonds is 1. The smallest absolute Gasteiger partial charge is 0.244 e. The van der Waals surface area contributed by atoms with Crippen molar-refractivity contribution in [2.24, 2.45) is 17.8 Å². The van der Waals surface area contributed by atoms with Gasteiger partial charge in [-0.3, -0.25) is 9.59 Å². The van der Waals surface area contributed by atoms with Gasteiger partial charge in [0.05, 0.1) is 12.2 Å². The van der Waals surface area contributed by atoms with Crippen molar-refractivity contribution in [3.63, 3.8) is 0 Å². The molecule has 0 aromatic heterocycles. The summed E-state index contributed by atoms with van der Waals surface area (Å²) in [7, 11) is 0. The van der Waals surface area contributed by atoms with Gasteiger partial charge < -0.3 is 4.90 Å². The fourth-order valence-corrected chi connectivity index (χ4v) is 6.50. The first-order valence-electron chi connectivity index (χ1n) is 9.92. The molecule has 2 amide bonds. The second-order valence-corrected chi connectivity index (χ2v) is 8.71. The van der Waals surface area contributed by atoms with E-state index < -0.39 is 0 Å². The fraction of sp³-hybridized carbons (Fsp3) is 0.619. The predicted octanol–water partition coefficient (Wildman–Crippen LogP) is 1.80. The molecule has 1 aliphatic carbocycles. The van der Waals surface area contributed by atoms with Gasteiger partial charge in [-0.1, -0.05) is 25.1 Å².